The first-order chi connectivity index (χ1) is 11.5. The fraction of sp³-hybridized carbons (Fsp3) is 0.222. The van der Waals surface area contributed by atoms with E-state index >= 15 is 0 Å². The minimum Gasteiger partial charge on any atom is -0.465 e. The predicted octanol–water partition coefficient (Wildman–Crippen LogP) is 4.31. The third-order valence-corrected chi connectivity index (χ3v) is 4.57. The molecule has 0 aliphatic carbocycles. The summed E-state index contributed by atoms with van der Waals surface area (Å²) in [5, 5.41) is 3.32. The highest BCUT2D eigenvalue weighted by Crippen LogP contribution is 2.23. The minimum absolute atomic E-state index is 0.116. The Morgan fingerprint density at radius 2 is 2.00 bits per heavy atom. The van der Waals surface area contributed by atoms with E-state index in [1.807, 2.05) is 25.1 Å². The number of halogens is 1. The molecule has 0 saturated carbocycles. The summed E-state index contributed by atoms with van der Waals surface area (Å²) >= 11 is 7.56. The van der Waals surface area contributed by atoms with Crippen molar-refractivity contribution in [3.05, 3.63) is 64.2 Å². The summed E-state index contributed by atoms with van der Waals surface area (Å²) in [4.78, 5) is 23.5. The number of carbonyl (C=O) groups excluding carboxylic acids is 2. The first kappa shape index (κ1) is 18.4. The van der Waals surface area contributed by atoms with Crippen LogP contribution >= 0.6 is 23.4 Å². The van der Waals surface area contributed by atoms with Crippen LogP contribution in [0.1, 0.15) is 21.5 Å². The molecule has 0 radical (unpaired) electrons. The molecule has 0 aliphatic rings. The number of hydrogen-bond donors (Lipinski definition) is 1. The number of rotatable bonds is 6. The molecule has 0 heterocycles. The van der Waals surface area contributed by atoms with Crippen LogP contribution in [0.15, 0.2) is 42.5 Å². The largest absolute Gasteiger partial charge is 0.465 e. The number of amides is 1. The van der Waals surface area contributed by atoms with E-state index in [1.54, 1.807) is 24.3 Å². The summed E-state index contributed by atoms with van der Waals surface area (Å²) in [6, 6.07) is 12.7. The first-order valence-electron chi connectivity index (χ1n) is 7.30. The second-order valence-electron chi connectivity index (χ2n) is 5.22. The van der Waals surface area contributed by atoms with Gasteiger partial charge in [-0.15, -0.1) is 11.8 Å². The van der Waals surface area contributed by atoms with Crippen molar-refractivity contribution in [3.8, 4) is 0 Å². The minimum atomic E-state index is -0.367. The Morgan fingerprint density at radius 1 is 1.21 bits per heavy atom. The van der Waals surface area contributed by atoms with Crippen LogP contribution in [-0.2, 0) is 15.3 Å². The molecule has 2 aromatic rings. The van der Waals surface area contributed by atoms with Gasteiger partial charge in [-0.05, 0) is 42.3 Å². The Hall–Kier alpha value is -1.98. The van der Waals surface area contributed by atoms with Crippen molar-refractivity contribution in [2.75, 3.05) is 18.2 Å². The van der Waals surface area contributed by atoms with Crippen LogP contribution in [0.5, 0.6) is 0 Å². The molecular weight excluding hydrogens is 346 g/mol. The number of hydrogen-bond acceptors (Lipinski definition) is 4. The molecule has 0 saturated heterocycles. The Labute approximate surface area is 150 Å². The van der Waals surface area contributed by atoms with Gasteiger partial charge in [0.25, 0.3) is 0 Å². The van der Waals surface area contributed by atoms with E-state index in [0.29, 0.717) is 27.8 Å². The van der Waals surface area contributed by atoms with Gasteiger partial charge in [-0.2, -0.15) is 0 Å². The molecule has 0 spiro atoms. The molecule has 0 atom stereocenters. The van der Waals surface area contributed by atoms with Gasteiger partial charge in [0, 0.05) is 5.75 Å². The number of ether oxygens (including phenoxy) is 1. The van der Waals surface area contributed by atoms with Crippen molar-refractivity contribution in [3.63, 3.8) is 0 Å². The van der Waals surface area contributed by atoms with Crippen molar-refractivity contribution >= 4 is 40.9 Å². The predicted molar refractivity (Wildman–Crippen MR) is 98.8 cm³/mol. The monoisotopic (exact) mass is 363 g/mol. The van der Waals surface area contributed by atoms with Crippen LogP contribution < -0.4 is 5.32 Å². The highest BCUT2D eigenvalue weighted by atomic mass is 35.5. The van der Waals surface area contributed by atoms with Crippen LogP contribution in [0, 0.1) is 6.92 Å². The average Bonchev–Trinajstić information content (AvgIpc) is 2.57. The number of anilines is 1. The van der Waals surface area contributed by atoms with Gasteiger partial charge in [-0.25, -0.2) is 4.79 Å². The molecule has 6 heteroatoms. The Morgan fingerprint density at radius 3 is 2.71 bits per heavy atom. The number of methoxy groups -OCH3 is 1. The fourth-order valence-corrected chi connectivity index (χ4v) is 3.13. The molecule has 0 aromatic heterocycles. The van der Waals surface area contributed by atoms with Gasteiger partial charge in [0.2, 0.25) is 5.91 Å². The summed E-state index contributed by atoms with van der Waals surface area (Å²) < 4.78 is 4.70. The lowest BCUT2D eigenvalue weighted by Crippen LogP contribution is -2.14. The Balaban J connectivity index is 1.85. The molecule has 0 bridgehead atoms. The van der Waals surface area contributed by atoms with Crippen molar-refractivity contribution in [1.82, 2.24) is 0 Å². The molecule has 2 aromatic carbocycles. The Bertz CT molecular complexity index is 749. The van der Waals surface area contributed by atoms with Crippen molar-refractivity contribution in [2.45, 2.75) is 12.7 Å². The van der Waals surface area contributed by atoms with Crippen LogP contribution in [0.3, 0.4) is 0 Å². The van der Waals surface area contributed by atoms with Crippen molar-refractivity contribution in [2.24, 2.45) is 0 Å². The van der Waals surface area contributed by atoms with E-state index in [2.05, 4.69) is 5.32 Å². The summed E-state index contributed by atoms with van der Waals surface area (Å²) in [5.74, 6) is 0.440. The molecule has 4 nitrogen and oxygen atoms in total. The molecule has 126 valence electrons. The van der Waals surface area contributed by atoms with Gasteiger partial charge in [-0.3, -0.25) is 4.79 Å². The standard InChI is InChI=1S/C18H18ClNO3S/c1-12-6-7-16(15(19)8-12)20-17(21)11-24-10-13-4-3-5-14(9-13)18(22)23-2/h3-9H,10-11H2,1-2H3,(H,20,21). The lowest BCUT2D eigenvalue weighted by Gasteiger charge is -2.08. The zero-order chi connectivity index (χ0) is 17.5. The molecule has 2 rings (SSSR count). The number of esters is 1. The maximum absolute atomic E-state index is 12.0. The van der Waals surface area contributed by atoms with Gasteiger partial charge >= 0.3 is 5.97 Å². The number of benzene rings is 2. The normalized spacial score (nSPS) is 10.3. The quantitative estimate of drug-likeness (QED) is 0.777. The summed E-state index contributed by atoms with van der Waals surface area (Å²) in [7, 11) is 1.35. The van der Waals surface area contributed by atoms with E-state index < -0.39 is 0 Å². The van der Waals surface area contributed by atoms with E-state index in [0.717, 1.165) is 11.1 Å². The van der Waals surface area contributed by atoms with Gasteiger partial charge in [-0.1, -0.05) is 29.8 Å². The SMILES string of the molecule is COC(=O)c1cccc(CSCC(=O)Nc2ccc(C)cc2Cl)c1. The van der Waals surface area contributed by atoms with E-state index in [1.165, 1.54) is 18.9 Å². The Kier molecular flexibility index (Phi) is 6.70. The van der Waals surface area contributed by atoms with Crippen LogP contribution in [-0.4, -0.2) is 24.7 Å². The molecule has 0 fully saturated rings. The maximum atomic E-state index is 12.0. The smallest absolute Gasteiger partial charge is 0.337 e. The van der Waals surface area contributed by atoms with E-state index in [-0.39, 0.29) is 11.9 Å². The number of nitrogens with one attached hydrogen (secondary N) is 1. The van der Waals surface area contributed by atoms with Crippen molar-refractivity contribution < 1.29 is 14.3 Å². The van der Waals surface area contributed by atoms with Crippen molar-refractivity contribution in [1.29, 1.82) is 0 Å². The molecule has 0 unspecified atom stereocenters. The topological polar surface area (TPSA) is 55.4 Å². The van der Waals surface area contributed by atoms with Crippen LogP contribution in [0.2, 0.25) is 5.02 Å². The average molecular weight is 364 g/mol. The second kappa shape index (κ2) is 8.76. The van der Waals surface area contributed by atoms with E-state index in [4.69, 9.17) is 16.3 Å². The number of aryl methyl sites for hydroxylation is 1. The highest BCUT2D eigenvalue weighted by Gasteiger charge is 2.08. The number of carbonyl (C=O) groups is 2. The lowest BCUT2D eigenvalue weighted by atomic mass is 10.1. The zero-order valence-corrected chi connectivity index (χ0v) is 15.0. The summed E-state index contributed by atoms with van der Waals surface area (Å²) in [5.41, 5.74) is 3.12. The summed E-state index contributed by atoms with van der Waals surface area (Å²) in [6.07, 6.45) is 0. The van der Waals surface area contributed by atoms with Crippen LogP contribution in [0.25, 0.3) is 0 Å². The zero-order valence-electron chi connectivity index (χ0n) is 13.5. The molecule has 0 aliphatic heterocycles. The first-order valence-corrected chi connectivity index (χ1v) is 8.84. The summed E-state index contributed by atoms with van der Waals surface area (Å²) in [6.45, 7) is 1.94. The fourth-order valence-electron chi connectivity index (χ4n) is 2.08. The van der Waals surface area contributed by atoms with Gasteiger partial charge in [0.15, 0.2) is 0 Å². The van der Waals surface area contributed by atoms with Gasteiger partial charge in [0.05, 0.1) is 29.1 Å². The van der Waals surface area contributed by atoms with Gasteiger partial charge in [0.1, 0.15) is 0 Å². The molecular formula is C18H18ClNO3S. The third kappa shape index (κ3) is 5.28. The lowest BCUT2D eigenvalue weighted by molar-refractivity contribution is -0.113. The number of thioether (sulfide) groups is 1. The van der Waals surface area contributed by atoms with Crippen LogP contribution in [0.4, 0.5) is 5.69 Å². The second-order valence-corrected chi connectivity index (χ2v) is 6.61. The van der Waals surface area contributed by atoms with Gasteiger partial charge < -0.3 is 10.1 Å². The highest BCUT2D eigenvalue weighted by molar-refractivity contribution is 7.99. The molecule has 1 N–H and O–H groups in total. The maximum Gasteiger partial charge on any atom is 0.337 e. The molecule has 24 heavy (non-hydrogen) atoms. The van der Waals surface area contributed by atoms with E-state index in [9.17, 15) is 9.59 Å². The third-order valence-electron chi connectivity index (χ3n) is 3.25. The molecule has 1 amide bonds.